The van der Waals surface area contributed by atoms with Gasteiger partial charge in [-0.2, -0.15) is 0 Å². The van der Waals surface area contributed by atoms with E-state index >= 15 is 0 Å². The van der Waals surface area contributed by atoms with E-state index in [2.05, 4.69) is 13.8 Å². The summed E-state index contributed by atoms with van der Waals surface area (Å²) < 4.78 is 12.4. The molecule has 0 atom stereocenters. The number of hydrogen-bond acceptors (Lipinski definition) is 2. The molecule has 23 heavy (non-hydrogen) atoms. The van der Waals surface area contributed by atoms with Crippen molar-refractivity contribution in [2.24, 2.45) is 5.92 Å². The van der Waals surface area contributed by atoms with Gasteiger partial charge in [0.25, 0.3) is 0 Å². The molecule has 0 amide bonds. The van der Waals surface area contributed by atoms with Crippen LogP contribution in [-0.4, -0.2) is 19.5 Å². The van der Waals surface area contributed by atoms with Gasteiger partial charge in [-0.25, -0.2) is 0 Å². The zero-order chi connectivity index (χ0) is 16.6. The summed E-state index contributed by atoms with van der Waals surface area (Å²) in [5.41, 5.74) is 0. The molecule has 0 N–H and O–H groups in total. The van der Waals surface area contributed by atoms with E-state index in [4.69, 9.17) is 9.47 Å². The second-order valence-corrected chi connectivity index (χ2v) is 7.34. The molecule has 0 aromatic rings. The van der Waals surface area contributed by atoms with Gasteiger partial charge in [0.05, 0.1) is 0 Å². The minimum Gasteiger partial charge on any atom is -0.352 e. The summed E-state index contributed by atoms with van der Waals surface area (Å²) in [4.78, 5) is 0. The number of ether oxygens (including phenoxy) is 2. The van der Waals surface area contributed by atoms with Gasteiger partial charge in [-0.1, -0.05) is 84.5 Å². The van der Waals surface area contributed by atoms with Crippen molar-refractivity contribution in [2.75, 3.05) is 13.2 Å². The quantitative estimate of drug-likeness (QED) is 0.272. The van der Waals surface area contributed by atoms with Gasteiger partial charge in [-0.05, 0) is 25.7 Å². The molecule has 138 valence electrons. The van der Waals surface area contributed by atoms with Crippen molar-refractivity contribution in [3.8, 4) is 0 Å². The van der Waals surface area contributed by atoms with Gasteiger partial charge in [0, 0.05) is 19.1 Å². The highest BCUT2D eigenvalue weighted by molar-refractivity contribution is 4.67. The Balaban J connectivity index is 2.32. The van der Waals surface area contributed by atoms with Gasteiger partial charge >= 0.3 is 0 Å². The van der Waals surface area contributed by atoms with Crippen LogP contribution in [0.2, 0.25) is 0 Å². The summed E-state index contributed by atoms with van der Waals surface area (Å²) in [7, 11) is 0. The molecule has 1 rings (SSSR count). The Morgan fingerprint density at radius 2 is 1.13 bits per heavy atom. The summed E-state index contributed by atoms with van der Waals surface area (Å²) in [6.07, 6.45) is 19.8. The monoisotopic (exact) mass is 326 g/mol. The van der Waals surface area contributed by atoms with Gasteiger partial charge in [-0.3, -0.25) is 0 Å². The van der Waals surface area contributed by atoms with Crippen LogP contribution in [0.3, 0.4) is 0 Å². The second-order valence-electron chi connectivity index (χ2n) is 7.34. The van der Waals surface area contributed by atoms with E-state index in [1.54, 1.807) is 0 Å². The van der Waals surface area contributed by atoms with Gasteiger partial charge in [0.2, 0.25) is 0 Å². The summed E-state index contributed by atoms with van der Waals surface area (Å²) in [6, 6.07) is 0. The summed E-state index contributed by atoms with van der Waals surface area (Å²) in [5.74, 6) is 0.632. The molecule has 0 saturated heterocycles. The zero-order valence-electron chi connectivity index (χ0n) is 16.0. The Morgan fingerprint density at radius 3 is 1.61 bits per heavy atom. The fourth-order valence-corrected chi connectivity index (χ4v) is 3.54. The molecule has 0 aromatic heterocycles. The van der Waals surface area contributed by atoms with E-state index in [1.165, 1.54) is 96.3 Å². The average Bonchev–Trinajstić information content (AvgIpc) is 2.53. The average molecular weight is 327 g/mol. The second kappa shape index (κ2) is 15.4. The fourth-order valence-electron chi connectivity index (χ4n) is 3.54. The molecule has 0 unspecified atom stereocenters. The van der Waals surface area contributed by atoms with Crippen LogP contribution in [0.25, 0.3) is 0 Å². The lowest BCUT2D eigenvalue weighted by molar-refractivity contribution is -0.177. The molecule has 0 aromatic carbocycles. The largest absolute Gasteiger partial charge is 0.352 e. The summed E-state index contributed by atoms with van der Waals surface area (Å²) in [6.45, 7) is 6.29. The maximum atomic E-state index is 6.21. The molecule has 0 heterocycles. The third-order valence-corrected chi connectivity index (χ3v) is 5.09. The minimum absolute atomic E-state index is 0.0661. The first-order valence-electron chi connectivity index (χ1n) is 10.6. The van der Waals surface area contributed by atoms with Crippen molar-refractivity contribution in [3.05, 3.63) is 0 Å². The first-order valence-corrected chi connectivity index (χ1v) is 10.6. The van der Waals surface area contributed by atoms with Crippen LogP contribution < -0.4 is 0 Å². The lowest BCUT2D eigenvalue weighted by atomic mass is 9.90. The number of unbranched alkanes of at least 4 members (excludes halogenated alkanes) is 6. The van der Waals surface area contributed by atoms with E-state index in [-0.39, 0.29) is 6.29 Å². The number of hydrogen-bond donors (Lipinski definition) is 0. The highest BCUT2D eigenvalue weighted by Gasteiger charge is 2.23. The van der Waals surface area contributed by atoms with Gasteiger partial charge in [-0.15, -0.1) is 0 Å². The predicted octanol–water partition coefficient (Wildman–Crippen LogP) is 6.87. The Morgan fingerprint density at radius 1 is 0.652 bits per heavy atom. The van der Waals surface area contributed by atoms with Crippen molar-refractivity contribution in [3.63, 3.8) is 0 Å². The van der Waals surface area contributed by atoms with Gasteiger partial charge in [0.15, 0.2) is 6.29 Å². The molecular weight excluding hydrogens is 284 g/mol. The molecule has 1 saturated carbocycles. The van der Waals surface area contributed by atoms with E-state index < -0.39 is 0 Å². The molecule has 1 aliphatic rings. The van der Waals surface area contributed by atoms with Crippen molar-refractivity contribution in [1.82, 2.24) is 0 Å². The molecule has 0 aliphatic heterocycles. The lowest BCUT2D eigenvalue weighted by Gasteiger charge is -2.29. The first kappa shape index (κ1) is 21.0. The standard InChI is InChI=1S/C21H42O2/c1-3-5-7-14-18-22-21(23-19-15-8-6-4-2)20-16-12-10-9-11-13-17-20/h20-21H,3-19H2,1-2H3. The highest BCUT2D eigenvalue weighted by atomic mass is 16.7. The van der Waals surface area contributed by atoms with Crippen LogP contribution in [0.5, 0.6) is 0 Å². The van der Waals surface area contributed by atoms with Crippen molar-refractivity contribution >= 4 is 0 Å². The molecule has 0 bridgehead atoms. The lowest BCUT2D eigenvalue weighted by Crippen LogP contribution is -2.29. The molecule has 0 radical (unpaired) electrons. The minimum atomic E-state index is 0.0661. The highest BCUT2D eigenvalue weighted by Crippen LogP contribution is 2.27. The van der Waals surface area contributed by atoms with Gasteiger partial charge < -0.3 is 9.47 Å². The van der Waals surface area contributed by atoms with Gasteiger partial charge in [0.1, 0.15) is 0 Å². The zero-order valence-corrected chi connectivity index (χ0v) is 16.0. The Bertz CT molecular complexity index is 220. The third-order valence-electron chi connectivity index (χ3n) is 5.09. The molecule has 2 nitrogen and oxygen atoms in total. The van der Waals surface area contributed by atoms with E-state index in [0.29, 0.717) is 5.92 Å². The molecular formula is C21H42O2. The normalized spacial score (nSPS) is 17.3. The van der Waals surface area contributed by atoms with E-state index in [1.807, 2.05) is 0 Å². The SMILES string of the molecule is CCCCCCOC(OCCCCCC)C1CCCCCCC1. The Labute approximate surface area is 145 Å². The predicted molar refractivity (Wildman–Crippen MR) is 99.8 cm³/mol. The van der Waals surface area contributed by atoms with Crippen molar-refractivity contribution in [1.29, 1.82) is 0 Å². The molecule has 0 spiro atoms. The molecule has 2 heteroatoms. The maximum absolute atomic E-state index is 6.21. The topological polar surface area (TPSA) is 18.5 Å². The Kier molecular flexibility index (Phi) is 14.1. The number of rotatable bonds is 13. The summed E-state index contributed by atoms with van der Waals surface area (Å²) in [5, 5.41) is 0. The molecule has 1 aliphatic carbocycles. The van der Waals surface area contributed by atoms with Crippen LogP contribution in [0.1, 0.15) is 110 Å². The Hall–Kier alpha value is -0.0800. The fraction of sp³-hybridized carbons (Fsp3) is 1.00. The van der Waals surface area contributed by atoms with Crippen LogP contribution in [0.15, 0.2) is 0 Å². The first-order chi connectivity index (χ1) is 11.4. The van der Waals surface area contributed by atoms with Crippen LogP contribution in [0, 0.1) is 5.92 Å². The smallest absolute Gasteiger partial charge is 0.160 e. The van der Waals surface area contributed by atoms with E-state index in [9.17, 15) is 0 Å². The summed E-state index contributed by atoms with van der Waals surface area (Å²) >= 11 is 0. The van der Waals surface area contributed by atoms with Crippen molar-refractivity contribution < 1.29 is 9.47 Å². The van der Waals surface area contributed by atoms with Crippen LogP contribution in [-0.2, 0) is 9.47 Å². The van der Waals surface area contributed by atoms with Crippen molar-refractivity contribution in [2.45, 2.75) is 116 Å². The maximum Gasteiger partial charge on any atom is 0.160 e. The van der Waals surface area contributed by atoms with E-state index in [0.717, 1.165) is 13.2 Å². The third kappa shape index (κ3) is 11.2. The molecule has 1 fully saturated rings. The van der Waals surface area contributed by atoms with Crippen LogP contribution in [0.4, 0.5) is 0 Å². The van der Waals surface area contributed by atoms with Crippen LogP contribution >= 0.6 is 0 Å².